The maximum atomic E-state index is 5.94. The summed E-state index contributed by atoms with van der Waals surface area (Å²) in [5.74, 6) is 1.39. The highest BCUT2D eigenvalue weighted by atomic mass is 35.5. The van der Waals surface area contributed by atoms with Crippen molar-refractivity contribution in [3.05, 3.63) is 34.9 Å². The average Bonchev–Trinajstić information content (AvgIpc) is 3.25. The molecule has 0 spiro atoms. The fourth-order valence-electron chi connectivity index (χ4n) is 2.31. The van der Waals surface area contributed by atoms with Gasteiger partial charge in [-0.3, -0.25) is 0 Å². The van der Waals surface area contributed by atoms with Gasteiger partial charge in [-0.15, -0.1) is 0 Å². The number of rotatable bonds is 10. The molecule has 0 heterocycles. The van der Waals surface area contributed by atoms with E-state index in [9.17, 15) is 0 Å². The van der Waals surface area contributed by atoms with Crippen molar-refractivity contribution >= 4 is 11.6 Å². The molecular formula is C17H26ClNO. The Morgan fingerprint density at radius 2 is 2.05 bits per heavy atom. The van der Waals surface area contributed by atoms with Crippen molar-refractivity contribution < 1.29 is 4.74 Å². The SMILES string of the molecule is CCCNCC(COCC1CC1)Cc1ccc(Cl)cc1. The molecule has 1 aromatic carbocycles. The first-order valence-corrected chi connectivity index (χ1v) is 8.18. The van der Waals surface area contributed by atoms with Gasteiger partial charge in [0.2, 0.25) is 0 Å². The van der Waals surface area contributed by atoms with E-state index in [1.165, 1.54) is 24.8 Å². The van der Waals surface area contributed by atoms with Gasteiger partial charge in [0.05, 0.1) is 6.61 Å². The molecule has 20 heavy (non-hydrogen) atoms. The quantitative estimate of drug-likeness (QED) is 0.661. The van der Waals surface area contributed by atoms with Crippen LogP contribution in [0, 0.1) is 11.8 Å². The van der Waals surface area contributed by atoms with Crippen molar-refractivity contribution in [3.8, 4) is 0 Å². The van der Waals surface area contributed by atoms with Crippen LogP contribution in [0.4, 0.5) is 0 Å². The third kappa shape index (κ3) is 6.25. The van der Waals surface area contributed by atoms with Gasteiger partial charge in [0.25, 0.3) is 0 Å². The minimum atomic E-state index is 0.543. The zero-order chi connectivity index (χ0) is 14.2. The molecule has 1 aliphatic rings. The maximum absolute atomic E-state index is 5.94. The second-order valence-corrected chi connectivity index (χ2v) is 6.32. The Labute approximate surface area is 127 Å². The molecule has 3 heteroatoms. The summed E-state index contributed by atoms with van der Waals surface area (Å²) in [7, 11) is 0. The minimum absolute atomic E-state index is 0.543. The molecule has 1 unspecified atom stereocenters. The smallest absolute Gasteiger partial charge is 0.0509 e. The van der Waals surface area contributed by atoms with Crippen LogP contribution in [-0.2, 0) is 11.2 Å². The third-order valence-electron chi connectivity index (χ3n) is 3.70. The fourth-order valence-corrected chi connectivity index (χ4v) is 2.44. The van der Waals surface area contributed by atoms with Crippen molar-refractivity contribution in [3.63, 3.8) is 0 Å². The molecule has 112 valence electrons. The van der Waals surface area contributed by atoms with Crippen molar-refractivity contribution in [1.29, 1.82) is 0 Å². The molecule has 2 rings (SSSR count). The Morgan fingerprint density at radius 1 is 1.30 bits per heavy atom. The Balaban J connectivity index is 1.77. The third-order valence-corrected chi connectivity index (χ3v) is 3.95. The molecule has 0 aromatic heterocycles. The monoisotopic (exact) mass is 295 g/mol. The van der Waals surface area contributed by atoms with Gasteiger partial charge in [-0.1, -0.05) is 30.7 Å². The van der Waals surface area contributed by atoms with Crippen molar-refractivity contribution in [1.82, 2.24) is 5.32 Å². The number of hydrogen-bond acceptors (Lipinski definition) is 2. The van der Waals surface area contributed by atoms with E-state index >= 15 is 0 Å². The summed E-state index contributed by atoms with van der Waals surface area (Å²) in [6.45, 7) is 6.12. The van der Waals surface area contributed by atoms with Crippen LogP contribution in [0.3, 0.4) is 0 Å². The van der Waals surface area contributed by atoms with Crippen LogP contribution in [0.15, 0.2) is 24.3 Å². The van der Waals surface area contributed by atoms with Gasteiger partial charge < -0.3 is 10.1 Å². The molecular weight excluding hydrogens is 270 g/mol. The molecule has 1 saturated carbocycles. The van der Waals surface area contributed by atoms with Gasteiger partial charge in [-0.05, 0) is 61.8 Å². The zero-order valence-corrected chi connectivity index (χ0v) is 13.2. The van der Waals surface area contributed by atoms with Crippen molar-refractivity contribution in [2.24, 2.45) is 11.8 Å². The summed E-state index contributed by atoms with van der Waals surface area (Å²) in [4.78, 5) is 0. The topological polar surface area (TPSA) is 21.3 Å². The van der Waals surface area contributed by atoms with Crippen LogP contribution in [0.25, 0.3) is 0 Å². The molecule has 1 N–H and O–H groups in total. The van der Waals surface area contributed by atoms with Gasteiger partial charge in [0.1, 0.15) is 0 Å². The molecule has 0 bridgehead atoms. The van der Waals surface area contributed by atoms with E-state index < -0.39 is 0 Å². The Hall–Kier alpha value is -0.570. The first-order chi connectivity index (χ1) is 9.78. The highest BCUT2D eigenvalue weighted by molar-refractivity contribution is 6.30. The molecule has 0 amide bonds. The number of nitrogens with one attached hydrogen (secondary N) is 1. The van der Waals surface area contributed by atoms with E-state index in [1.807, 2.05) is 12.1 Å². The van der Waals surface area contributed by atoms with Gasteiger partial charge >= 0.3 is 0 Å². The Bertz CT molecular complexity index is 375. The lowest BCUT2D eigenvalue weighted by Gasteiger charge is -2.18. The van der Waals surface area contributed by atoms with Crippen LogP contribution in [0.1, 0.15) is 31.7 Å². The number of ether oxygens (including phenoxy) is 1. The van der Waals surface area contributed by atoms with Crippen LogP contribution < -0.4 is 5.32 Å². The Kier molecular flexibility index (Phi) is 6.85. The summed E-state index contributed by atoms with van der Waals surface area (Å²) in [5, 5.41) is 4.32. The second-order valence-electron chi connectivity index (χ2n) is 5.88. The van der Waals surface area contributed by atoms with Crippen LogP contribution in [-0.4, -0.2) is 26.3 Å². The number of hydrogen-bond donors (Lipinski definition) is 1. The lowest BCUT2D eigenvalue weighted by molar-refractivity contribution is 0.0907. The summed E-state index contributed by atoms with van der Waals surface area (Å²) >= 11 is 5.94. The molecule has 1 fully saturated rings. The number of halogens is 1. The van der Waals surface area contributed by atoms with E-state index in [-0.39, 0.29) is 0 Å². The predicted molar refractivity (Wildman–Crippen MR) is 85.3 cm³/mol. The lowest BCUT2D eigenvalue weighted by Crippen LogP contribution is -2.28. The van der Waals surface area contributed by atoms with E-state index in [0.717, 1.165) is 43.7 Å². The van der Waals surface area contributed by atoms with Gasteiger partial charge in [-0.25, -0.2) is 0 Å². The predicted octanol–water partition coefficient (Wildman–Crippen LogP) is 3.92. The van der Waals surface area contributed by atoms with Crippen molar-refractivity contribution in [2.45, 2.75) is 32.6 Å². The standard InChI is InChI=1S/C17H26ClNO/c1-2-9-19-11-16(13-20-12-15-3-4-15)10-14-5-7-17(18)8-6-14/h5-8,15-16,19H,2-4,9-13H2,1H3. The summed E-state index contributed by atoms with van der Waals surface area (Å²) in [5.41, 5.74) is 1.34. The summed E-state index contributed by atoms with van der Waals surface area (Å²) in [6, 6.07) is 8.18. The minimum Gasteiger partial charge on any atom is -0.381 e. The fraction of sp³-hybridized carbons (Fsp3) is 0.647. The zero-order valence-electron chi connectivity index (χ0n) is 12.4. The largest absolute Gasteiger partial charge is 0.381 e. The van der Waals surface area contributed by atoms with Gasteiger partial charge in [0.15, 0.2) is 0 Å². The molecule has 1 aliphatic carbocycles. The van der Waals surface area contributed by atoms with E-state index in [4.69, 9.17) is 16.3 Å². The maximum Gasteiger partial charge on any atom is 0.0509 e. The lowest BCUT2D eigenvalue weighted by atomic mass is 10.00. The van der Waals surface area contributed by atoms with E-state index in [0.29, 0.717) is 5.92 Å². The molecule has 1 atom stereocenters. The molecule has 2 nitrogen and oxygen atoms in total. The van der Waals surface area contributed by atoms with Crippen LogP contribution in [0.5, 0.6) is 0 Å². The van der Waals surface area contributed by atoms with Crippen LogP contribution >= 0.6 is 11.6 Å². The molecule has 0 saturated heterocycles. The van der Waals surface area contributed by atoms with E-state index in [2.05, 4.69) is 24.4 Å². The summed E-state index contributed by atoms with van der Waals surface area (Å²) in [6.07, 6.45) is 4.95. The first-order valence-electron chi connectivity index (χ1n) is 7.80. The average molecular weight is 296 g/mol. The first kappa shape index (κ1) is 15.8. The highest BCUT2D eigenvalue weighted by Gasteiger charge is 2.21. The van der Waals surface area contributed by atoms with Gasteiger partial charge in [0, 0.05) is 18.2 Å². The molecule has 0 aliphatic heterocycles. The van der Waals surface area contributed by atoms with Crippen LogP contribution in [0.2, 0.25) is 5.02 Å². The molecule has 0 radical (unpaired) electrons. The normalized spacial score (nSPS) is 16.3. The van der Waals surface area contributed by atoms with Gasteiger partial charge in [-0.2, -0.15) is 0 Å². The number of benzene rings is 1. The second kappa shape index (κ2) is 8.66. The summed E-state index contributed by atoms with van der Waals surface area (Å²) < 4.78 is 5.88. The Morgan fingerprint density at radius 3 is 2.70 bits per heavy atom. The molecule has 1 aromatic rings. The highest BCUT2D eigenvalue weighted by Crippen LogP contribution is 2.29. The van der Waals surface area contributed by atoms with Crippen molar-refractivity contribution in [2.75, 3.05) is 26.3 Å². The van der Waals surface area contributed by atoms with E-state index in [1.54, 1.807) is 0 Å².